The van der Waals surface area contributed by atoms with Crippen molar-refractivity contribution < 1.29 is 9.84 Å². The number of ether oxygens (including phenoxy) is 1. The third kappa shape index (κ3) is 5.66. The predicted molar refractivity (Wildman–Crippen MR) is 64.2 cm³/mol. The van der Waals surface area contributed by atoms with Crippen molar-refractivity contribution >= 4 is 0 Å². The van der Waals surface area contributed by atoms with Crippen LogP contribution >= 0.6 is 0 Å². The summed E-state index contributed by atoms with van der Waals surface area (Å²) in [6, 6.07) is 9.58. The summed E-state index contributed by atoms with van der Waals surface area (Å²) in [6.45, 7) is 0.154. The summed E-state index contributed by atoms with van der Waals surface area (Å²) in [6.07, 6.45) is 4.05. The van der Waals surface area contributed by atoms with E-state index in [2.05, 4.69) is 16.8 Å². The van der Waals surface area contributed by atoms with E-state index in [9.17, 15) is 0 Å². The van der Waals surface area contributed by atoms with Gasteiger partial charge in [-0.1, -0.05) is 30.0 Å². The van der Waals surface area contributed by atoms with Gasteiger partial charge in [0.15, 0.2) is 4.98 Å². The summed E-state index contributed by atoms with van der Waals surface area (Å²) in [4.78, 5) is 2.60. The third-order valence-corrected chi connectivity index (χ3v) is 1.69. The van der Waals surface area contributed by atoms with Crippen molar-refractivity contribution in [3.05, 3.63) is 65.2 Å². The molecule has 0 aliphatic heterocycles. The van der Waals surface area contributed by atoms with Gasteiger partial charge in [-0.25, -0.2) is 0 Å². The molecule has 0 bridgehead atoms. The Hall–Kier alpha value is -2.72. The Labute approximate surface area is 99.5 Å². The zero-order valence-electron chi connectivity index (χ0n) is 9.08. The number of benzene rings is 1. The van der Waals surface area contributed by atoms with E-state index in [-0.39, 0.29) is 6.61 Å². The fraction of sp³-hybridized carbons (Fsp3) is 0.0769. The average molecular weight is 227 g/mol. The van der Waals surface area contributed by atoms with Gasteiger partial charge in [-0.05, 0) is 24.3 Å². The number of diazo groups is 1. The SMILES string of the molecule is N#[N+]/C=C(\O)OC/C=C/C#Cc1ccccc1. The maximum Gasteiger partial charge on any atom is 0.429 e. The van der Waals surface area contributed by atoms with Gasteiger partial charge in [0.05, 0.1) is 0 Å². The number of hydrogen-bond acceptors (Lipinski definition) is 3. The molecule has 1 aromatic rings. The van der Waals surface area contributed by atoms with Gasteiger partial charge in [-0.15, -0.1) is 0 Å². The van der Waals surface area contributed by atoms with Gasteiger partial charge in [0, 0.05) is 5.56 Å². The van der Waals surface area contributed by atoms with Crippen LogP contribution in [0.15, 0.2) is 54.6 Å². The minimum atomic E-state index is -0.451. The summed E-state index contributed by atoms with van der Waals surface area (Å²) >= 11 is 0. The van der Waals surface area contributed by atoms with Crippen LogP contribution in [0.5, 0.6) is 0 Å². The molecular formula is C13H11N2O2+. The van der Waals surface area contributed by atoms with Crippen LogP contribution in [0.25, 0.3) is 4.98 Å². The highest BCUT2D eigenvalue weighted by atomic mass is 16.6. The van der Waals surface area contributed by atoms with Crippen molar-refractivity contribution in [1.29, 1.82) is 5.39 Å². The summed E-state index contributed by atoms with van der Waals surface area (Å²) in [5, 5.41) is 17.0. The van der Waals surface area contributed by atoms with Gasteiger partial charge in [0.25, 0.3) is 0 Å². The molecule has 0 aliphatic carbocycles. The van der Waals surface area contributed by atoms with Gasteiger partial charge in [0.2, 0.25) is 5.39 Å². The molecule has 0 fully saturated rings. The Morgan fingerprint density at radius 3 is 2.88 bits per heavy atom. The van der Waals surface area contributed by atoms with Crippen LogP contribution in [0.2, 0.25) is 0 Å². The summed E-state index contributed by atoms with van der Waals surface area (Å²) < 4.78 is 4.74. The maximum atomic E-state index is 8.90. The number of allylic oxidation sites excluding steroid dienone is 1. The van der Waals surface area contributed by atoms with Gasteiger partial charge in [-0.3, -0.25) is 0 Å². The first-order valence-electron chi connectivity index (χ1n) is 4.90. The standard InChI is InChI=1S/C13H10N2O2/c14-15-11-13(16)17-10-6-2-5-9-12-7-3-1-4-8-12/h1-4,6-8,11H,10H2/p+1/b6-2+,13-11+. The van der Waals surface area contributed by atoms with Crippen LogP contribution in [0.1, 0.15) is 5.56 Å². The molecule has 0 aliphatic rings. The molecule has 1 aromatic carbocycles. The molecule has 84 valence electrons. The molecule has 0 atom stereocenters. The molecule has 1 rings (SSSR count). The summed E-state index contributed by atoms with van der Waals surface area (Å²) in [5.41, 5.74) is 0.930. The van der Waals surface area contributed by atoms with Crippen LogP contribution in [0, 0.1) is 17.2 Å². The molecule has 4 nitrogen and oxygen atoms in total. The second-order valence-corrected chi connectivity index (χ2v) is 2.93. The van der Waals surface area contributed by atoms with Crippen molar-refractivity contribution in [2.24, 2.45) is 0 Å². The fourth-order valence-corrected chi connectivity index (χ4v) is 0.974. The molecule has 0 saturated carbocycles. The lowest BCUT2D eigenvalue weighted by molar-refractivity contribution is 0.112. The van der Waals surface area contributed by atoms with E-state index in [0.29, 0.717) is 0 Å². The lowest BCUT2D eigenvalue weighted by atomic mass is 10.2. The van der Waals surface area contributed by atoms with Gasteiger partial charge in [0.1, 0.15) is 6.61 Å². The molecule has 0 heterocycles. The van der Waals surface area contributed by atoms with Crippen molar-refractivity contribution in [3.8, 4) is 11.8 Å². The van der Waals surface area contributed by atoms with Crippen molar-refractivity contribution in [3.63, 3.8) is 0 Å². The monoisotopic (exact) mass is 227 g/mol. The molecule has 0 saturated heterocycles. The van der Waals surface area contributed by atoms with Crippen LogP contribution in [0.4, 0.5) is 0 Å². The van der Waals surface area contributed by atoms with Crippen molar-refractivity contribution in [2.75, 3.05) is 6.61 Å². The fourth-order valence-electron chi connectivity index (χ4n) is 0.974. The highest BCUT2D eigenvalue weighted by Gasteiger charge is 1.96. The molecular weight excluding hydrogens is 216 g/mol. The number of rotatable bonds is 3. The van der Waals surface area contributed by atoms with E-state index in [1.807, 2.05) is 30.3 Å². The van der Waals surface area contributed by atoms with Crippen LogP contribution in [-0.2, 0) is 4.74 Å². The number of aliphatic hydroxyl groups is 1. The third-order valence-electron chi connectivity index (χ3n) is 1.69. The Balaban J connectivity index is 2.35. The quantitative estimate of drug-likeness (QED) is 0.490. The molecule has 0 amide bonds. The molecule has 0 unspecified atom stereocenters. The van der Waals surface area contributed by atoms with Crippen molar-refractivity contribution in [1.82, 2.24) is 0 Å². The van der Waals surface area contributed by atoms with Crippen LogP contribution in [-0.4, -0.2) is 11.7 Å². The highest BCUT2D eigenvalue weighted by molar-refractivity contribution is 5.36. The first kappa shape index (κ1) is 12.4. The number of hydrogen-bond donors (Lipinski definition) is 1. The zero-order valence-corrected chi connectivity index (χ0v) is 9.08. The Morgan fingerprint density at radius 1 is 1.41 bits per heavy atom. The smallest absolute Gasteiger partial charge is 0.429 e. The minimum absolute atomic E-state index is 0.154. The van der Waals surface area contributed by atoms with Gasteiger partial charge < -0.3 is 9.84 Å². The van der Waals surface area contributed by atoms with E-state index in [4.69, 9.17) is 15.2 Å². The summed E-state index contributed by atoms with van der Waals surface area (Å²) in [7, 11) is 0. The maximum absolute atomic E-state index is 8.90. The first-order chi connectivity index (χ1) is 8.33. The van der Waals surface area contributed by atoms with E-state index in [0.717, 1.165) is 11.8 Å². The predicted octanol–water partition coefficient (Wildman–Crippen LogP) is 2.82. The second kappa shape index (κ2) is 7.56. The highest BCUT2D eigenvalue weighted by Crippen LogP contribution is 1.95. The normalized spacial score (nSPS) is 10.4. The Bertz CT molecular complexity index is 502. The lowest BCUT2D eigenvalue weighted by Crippen LogP contribution is -1.89. The van der Waals surface area contributed by atoms with Crippen LogP contribution in [0.3, 0.4) is 0 Å². The van der Waals surface area contributed by atoms with E-state index < -0.39 is 5.95 Å². The first-order valence-corrected chi connectivity index (χ1v) is 4.90. The van der Waals surface area contributed by atoms with E-state index >= 15 is 0 Å². The largest absolute Gasteiger partial charge is 0.476 e. The minimum Gasteiger partial charge on any atom is -0.476 e. The zero-order chi connectivity index (χ0) is 12.3. The van der Waals surface area contributed by atoms with E-state index in [1.54, 1.807) is 12.2 Å². The molecule has 1 N–H and O–H groups in total. The number of aliphatic hydroxyl groups excluding tert-OH is 1. The lowest BCUT2D eigenvalue weighted by Gasteiger charge is -1.93. The topological polar surface area (TPSA) is 57.6 Å². The Morgan fingerprint density at radius 2 is 2.18 bits per heavy atom. The molecule has 0 spiro atoms. The van der Waals surface area contributed by atoms with E-state index in [1.165, 1.54) is 0 Å². The average Bonchev–Trinajstić information content (AvgIpc) is 2.35. The molecule has 0 radical (unpaired) electrons. The number of nitrogens with zero attached hydrogens (tertiary/aromatic N) is 2. The van der Waals surface area contributed by atoms with Gasteiger partial charge in [-0.2, -0.15) is 0 Å². The van der Waals surface area contributed by atoms with Crippen LogP contribution < -0.4 is 0 Å². The van der Waals surface area contributed by atoms with Gasteiger partial charge >= 0.3 is 12.1 Å². The molecule has 0 aromatic heterocycles. The molecule has 4 heteroatoms. The molecule has 17 heavy (non-hydrogen) atoms. The second-order valence-electron chi connectivity index (χ2n) is 2.93. The van der Waals surface area contributed by atoms with Crippen molar-refractivity contribution in [2.45, 2.75) is 0 Å². The Kier molecular flexibility index (Phi) is 5.49. The summed E-state index contributed by atoms with van der Waals surface area (Å²) in [5.74, 6) is 5.30.